The molecule has 0 N–H and O–H groups in total. The molecule has 4 rings (SSSR count). The van der Waals surface area contributed by atoms with E-state index in [9.17, 15) is 17.6 Å². The Labute approximate surface area is 221 Å². The van der Waals surface area contributed by atoms with Gasteiger partial charge in [-0.25, -0.2) is 17.8 Å². The van der Waals surface area contributed by atoms with Crippen LogP contribution in [0, 0.1) is 5.82 Å². The number of benzene rings is 1. The molecule has 1 fully saturated rings. The van der Waals surface area contributed by atoms with Crippen molar-refractivity contribution in [3.05, 3.63) is 46.6 Å². The Morgan fingerprint density at radius 1 is 1.32 bits per heavy atom. The molecule has 2 aliphatic rings. The summed E-state index contributed by atoms with van der Waals surface area (Å²) in [4.78, 5) is 17.6. The van der Waals surface area contributed by atoms with Crippen LogP contribution in [0.4, 0.5) is 10.1 Å². The van der Waals surface area contributed by atoms with E-state index < -0.39 is 15.8 Å². The van der Waals surface area contributed by atoms with E-state index in [1.54, 1.807) is 11.8 Å². The molecule has 9 nitrogen and oxygen atoms in total. The van der Waals surface area contributed by atoms with Crippen LogP contribution < -0.4 is 60.9 Å². The van der Waals surface area contributed by atoms with E-state index in [1.165, 1.54) is 18.3 Å². The fourth-order valence-corrected chi connectivity index (χ4v) is 4.42. The molecule has 160 valence electrons. The van der Waals surface area contributed by atoms with E-state index in [0.717, 1.165) is 12.1 Å². The number of fused-ring (bicyclic) bond motifs is 2. The third kappa shape index (κ3) is 5.38. The Morgan fingerprint density at radius 3 is 2.90 bits per heavy atom. The minimum absolute atomic E-state index is 0. The number of pyridine rings is 1. The monoisotopic (exact) mass is 475 g/mol. The molecule has 1 aromatic heterocycles. The molecular formula is C19H19FKN3O6S. The normalized spacial score (nSPS) is 18.1. The second kappa shape index (κ2) is 10.1. The first-order valence-corrected chi connectivity index (χ1v) is 10.7. The largest absolute Gasteiger partial charge is 1.00 e. The first kappa shape index (κ1) is 24.4. The zero-order valence-electron chi connectivity index (χ0n) is 17.1. The topological polar surface area (TPSA) is 109 Å². The molecule has 0 spiro atoms. The van der Waals surface area contributed by atoms with Gasteiger partial charge in [0, 0.05) is 11.8 Å². The van der Waals surface area contributed by atoms with Gasteiger partial charge in [-0.2, -0.15) is 0 Å². The van der Waals surface area contributed by atoms with E-state index in [0.29, 0.717) is 18.1 Å². The standard InChI is InChI=1S/C19H19FN3O6S.K/c1-2-28-16-4-3-13(20)6-17(16)30(25,26)22-14-5-12-8-23-15(9-27-11-18(23)24)10-29-19(12)21-7-14;/h3-7,15H,2,8-11H2,1H3;/q-1;+1/t15-;/m0./s1. The van der Waals surface area contributed by atoms with Crippen molar-refractivity contribution in [3.8, 4) is 11.6 Å². The molecule has 1 saturated heterocycles. The van der Waals surface area contributed by atoms with E-state index >= 15 is 0 Å². The number of nitrogens with zero attached hydrogens (tertiary/aromatic N) is 3. The van der Waals surface area contributed by atoms with Crippen molar-refractivity contribution in [2.24, 2.45) is 0 Å². The molecule has 3 heterocycles. The number of ether oxygens (including phenoxy) is 3. The smallest absolute Gasteiger partial charge is 0.571 e. The quantitative estimate of drug-likeness (QED) is 0.518. The summed E-state index contributed by atoms with van der Waals surface area (Å²) in [5.41, 5.74) is 0.552. The molecule has 1 amide bonds. The van der Waals surface area contributed by atoms with Gasteiger partial charge in [-0.3, -0.25) is 4.79 Å². The number of hydrogen-bond donors (Lipinski definition) is 0. The number of carbonyl (C=O) groups is 1. The Bertz CT molecular complexity index is 1080. The number of morpholine rings is 1. The van der Waals surface area contributed by atoms with Crippen LogP contribution in [0.15, 0.2) is 35.4 Å². The maximum atomic E-state index is 13.7. The SMILES string of the molecule is CCOc1ccc(F)cc1S(=O)(=O)[N-]c1cnc2c(c1)CN1C(=O)COC[C@H]1CO2.[K+]. The number of carbonyl (C=O) groups excluding carboxylic acids is 1. The van der Waals surface area contributed by atoms with E-state index in [-0.39, 0.29) is 106 Å². The number of halogens is 1. The van der Waals surface area contributed by atoms with Crippen molar-refractivity contribution in [2.75, 3.05) is 26.4 Å². The summed E-state index contributed by atoms with van der Waals surface area (Å²) < 4.78 is 59.3. The van der Waals surface area contributed by atoms with Crippen molar-refractivity contribution in [2.45, 2.75) is 24.4 Å². The molecule has 2 aromatic rings. The minimum atomic E-state index is -4.28. The van der Waals surface area contributed by atoms with Crippen LogP contribution in [0.2, 0.25) is 0 Å². The van der Waals surface area contributed by atoms with Gasteiger partial charge in [0.1, 0.15) is 34.8 Å². The van der Waals surface area contributed by atoms with Gasteiger partial charge in [0.15, 0.2) is 0 Å². The first-order valence-electron chi connectivity index (χ1n) is 9.26. The maximum absolute atomic E-state index is 13.7. The first-order chi connectivity index (χ1) is 14.4. The molecule has 0 bridgehead atoms. The summed E-state index contributed by atoms with van der Waals surface area (Å²) in [6.45, 7) is 2.65. The third-order valence-corrected chi connectivity index (χ3v) is 6.00. The van der Waals surface area contributed by atoms with Crippen LogP contribution >= 0.6 is 0 Å². The maximum Gasteiger partial charge on any atom is 1.00 e. The zero-order valence-corrected chi connectivity index (χ0v) is 21.0. The molecule has 1 atom stereocenters. The molecule has 0 unspecified atom stereocenters. The second-order valence-corrected chi connectivity index (χ2v) is 8.32. The van der Waals surface area contributed by atoms with Crippen molar-refractivity contribution in [1.82, 2.24) is 9.88 Å². The minimum Gasteiger partial charge on any atom is -0.571 e. The summed E-state index contributed by atoms with van der Waals surface area (Å²) in [5.74, 6) is -0.596. The van der Waals surface area contributed by atoms with Gasteiger partial charge < -0.3 is 23.8 Å². The average Bonchev–Trinajstić information content (AvgIpc) is 2.89. The van der Waals surface area contributed by atoms with Gasteiger partial charge >= 0.3 is 51.4 Å². The summed E-state index contributed by atoms with van der Waals surface area (Å²) >= 11 is 0. The third-order valence-electron chi connectivity index (χ3n) is 4.67. The molecule has 0 saturated carbocycles. The predicted octanol–water partition coefficient (Wildman–Crippen LogP) is -0.863. The fourth-order valence-electron chi connectivity index (χ4n) is 3.30. The van der Waals surface area contributed by atoms with Crippen molar-refractivity contribution >= 4 is 21.6 Å². The molecule has 12 heteroatoms. The second-order valence-electron chi connectivity index (χ2n) is 6.75. The van der Waals surface area contributed by atoms with Crippen LogP contribution in [0.25, 0.3) is 4.72 Å². The number of aromatic nitrogens is 1. The Kier molecular flexibility index (Phi) is 7.94. The van der Waals surface area contributed by atoms with E-state index in [1.807, 2.05) is 0 Å². The molecule has 0 radical (unpaired) electrons. The molecule has 1 aromatic carbocycles. The fraction of sp³-hybridized carbons (Fsp3) is 0.368. The molecule has 2 aliphatic heterocycles. The van der Waals surface area contributed by atoms with Crippen LogP contribution in [-0.2, 0) is 26.1 Å². The molecule has 31 heavy (non-hydrogen) atoms. The van der Waals surface area contributed by atoms with Gasteiger partial charge in [-0.05, 0) is 25.1 Å². The number of rotatable bonds is 5. The van der Waals surface area contributed by atoms with Gasteiger partial charge in [0.25, 0.3) is 0 Å². The van der Waals surface area contributed by atoms with Crippen LogP contribution in [0.5, 0.6) is 11.6 Å². The van der Waals surface area contributed by atoms with Gasteiger partial charge in [0.05, 0.1) is 30.7 Å². The Hall–Kier alpha value is -1.28. The summed E-state index contributed by atoms with van der Waals surface area (Å²) in [7, 11) is -4.28. The van der Waals surface area contributed by atoms with Crippen LogP contribution in [0.1, 0.15) is 12.5 Å². The average molecular weight is 476 g/mol. The van der Waals surface area contributed by atoms with Crippen LogP contribution in [0.3, 0.4) is 0 Å². The van der Waals surface area contributed by atoms with Crippen molar-refractivity contribution in [1.29, 1.82) is 0 Å². The van der Waals surface area contributed by atoms with Gasteiger partial charge in [-0.15, -0.1) is 5.69 Å². The summed E-state index contributed by atoms with van der Waals surface area (Å²) in [5, 5.41) is 0. The number of hydrogen-bond acceptors (Lipinski definition) is 7. The number of sulfonamides is 1. The molecular weight excluding hydrogens is 456 g/mol. The zero-order chi connectivity index (χ0) is 21.3. The molecule has 0 aliphatic carbocycles. The summed E-state index contributed by atoms with van der Waals surface area (Å²) in [6.07, 6.45) is 1.25. The van der Waals surface area contributed by atoms with Gasteiger partial charge in [-0.1, -0.05) is 6.07 Å². The predicted molar refractivity (Wildman–Crippen MR) is 103 cm³/mol. The Balaban J connectivity index is 0.00000272. The van der Waals surface area contributed by atoms with E-state index in [2.05, 4.69) is 9.71 Å². The van der Waals surface area contributed by atoms with Crippen molar-refractivity contribution in [3.63, 3.8) is 0 Å². The van der Waals surface area contributed by atoms with Crippen LogP contribution in [-0.4, -0.2) is 56.7 Å². The van der Waals surface area contributed by atoms with Gasteiger partial charge in [0.2, 0.25) is 11.8 Å². The Morgan fingerprint density at radius 2 is 2.13 bits per heavy atom. The summed E-state index contributed by atoms with van der Waals surface area (Å²) in [6, 6.07) is 4.46. The van der Waals surface area contributed by atoms with Crippen molar-refractivity contribution < 1.29 is 83.2 Å². The van der Waals surface area contributed by atoms with E-state index in [4.69, 9.17) is 14.2 Å². The number of amides is 1.